The van der Waals surface area contributed by atoms with E-state index in [0.29, 0.717) is 5.82 Å². The first-order chi connectivity index (χ1) is 14.0. The van der Waals surface area contributed by atoms with Gasteiger partial charge in [-0.2, -0.15) is 5.10 Å². The average Bonchev–Trinajstić information content (AvgIpc) is 3.12. The molecule has 1 aliphatic rings. The fourth-order valence-corrected chi connectivity index (χ4v) is 3.48. The van der Waals surface area contributed by atoms with Crippen LogP contribution in [0.4, 0.5) is 23.1 Å². The van der Waals surface area contributed by atoms with E-state index in [1.807, 2.05) is 45.3 Å². The van der Waals surface area contributed by atoms with Gasteiger partial charge in [0.05, 0.1) is 0 Å². The minimum absolute atomic E-state index is 0.709. The number of rotatable bonds is 5. The van der Waals surface area contributed by atoms with Crippen LogP contribution in [0.15, 0.2) is 36.4 Å². The summed E-state index contributed by atoms with van der Waals surface area (Å²) in [4.78, 5) is 16.5. The molecule has 152 valence electrons. The van der Waals surface area contributed by atoms with Gasteiger partial charge >= 0.3 is 0 Å². The summed E-state index contributed by atoms with van der Waals surface area (Å²) < 4.78 is 0. The summed E-state index contributed by atoms with van der Waals surface area (Å²) in [6, 6.07) is 12.2. The van der Waals surface area contributed by atoms with Gasteiger partial charge in [0.1, 0.15) is 11.6 Å². The Morgan fingerprint density at radius 3 is 2.45 bits per heavy atom. The van der Waals surface area contributed by atoms with Crippen molar-refractivity contribution in [1.82, 2.24) is 25.1 Å². The summed E-state index contributed by atoms with van der Waals surface area (Å²) in [6.45, 7) is 5.92. The highest BCUT2D eigenvalue weighted by molar-refractivity contribution is 5.76. The van der Waals surface area contributed by atoms with Crippen LogP contribution in [0, 0.1) is 6.92 Å². The molecule has 0 amide bonds. The van der Waals surface area contributed by atoms with Crippen LogP contribution in [0.25, 0.3) is 11.4 Å². The van der Waals surface area contributed by atoms with Gasteiger partial charge in [0.25, 0.3) is 0 Å². The van der Waals surface area contributed by atoms with Crippen molar-refractivity contribution in [3.05, 3.63) is 42.1 Å². The number of piperazine rings is 1. The molecule has 8 nitrogen and oxygen atoms in total. The van der Waals surface area contributed by atoms with Crippen molar-refractivity contribution in [2.24, 2.45) is 0 Å². The Kier molecular flexibility index (Phi) is 5.35. The number of para-hydroxylation sites is 1. The topological polar surface area (TPSA) is 76.2 Å². The van der Waals surface area contributed by atoms with Gasteiger partial charge in [0.2, 0.25) is 0 Å². The molecule has 1 aromatic carbocycles. The van der Waals surface area contributed by atoms with Crippen molar-refractivity contribution >= 4 is 23.1 Å². The Hall–Kier alpha value is -3.13. The summed E-state index contributed by atoms with van der Waals surface area (Å²) in [5.41, 5.74) is 3.10. The number of likely N-dealkylation sites (N-methyl/N-ethyl adjacent to an activating group) is 1. The lowest BCUT2D eigenvalue weighted by Crippen LogP contribution is -2.44. The lowest BCUT2D eigenvalue weighted by molar-refractivity contribution is 0.312. The van der Waals surface area contributed by atoms with Crippen molar-refractivity contribution in [1.29, 1.82) is 0 Å². The van der Waals surface area contributed by atoms with Crippen molar-refractivity contribution in [2.75, 3.05) is 62.4 Å². The Labute approximate surface area is 171 Å². The van der Waals surface area contributed by atoms with E-state index in [4.69, 9.17) is 9.97 Å². The highest BCUT2D eigenvalue weighted by Crippen LogP contribution is 2.30. The van der Waals surface area contributed by atoms with Crippen LogP contribution in [0.3, 0.4) is 0 Å². The molecule has 4 rings (SSSR count). The smallest absolute Gasteiger partial charge is 0.165 e. The third kappa shape index (κ3) is 4.32. The Balaban J connectivity index is 1.75. The molecule has 29 heavy (non-hydrogen) atoms. The second kappa shape index (κ2) is 8.08. The molecule has 1 aliphatic heterocycles. The van der Waals surface area contributed by atoms with Crippen molar-refractivity contribution in [2.45, 2.75) is 6.92 Å². The monoisotopic (exact) mass is 392 g/mol. The maximum Gasteiger partial charge on any atom is 0.165 e. The zero-order valence-corrected chi connectivity index (χ0v) is 17.5. The number of hydrogen-bond donors (Lipinski definition) is 2. The molecule has 2 N–H and O–H groups in total. The molecular weight excluding hydrogens is 364 g/mol. The van der Waals surface area contributed by atoms with Crippen LogP contribution in [0.5, 0.6) is 0 Å². The van der Waals surface area contributed by atoms with Crippen molar-refractivity contribution in [3.63, 3.8) is 0 Å². The SMILES string of the molecule is Cc1cc(Nc2cc(N3CCN(C)CC3)nc(-c3ccccc3N(C)C)n2)n[nH]1. The lowest BCUT2D eigenvalue weighted by atomic mass is 10.1. The van der Waals surface area contributed by atoms with Gasteiger partial charge in [-0.15, -0.1) is 0 Å². The average molecular weight is 393 g/mol. The summed E-state index contributed by atoms with van der Waals surface area (Å²) in [5.74, 6) is 3.13. The largest absolute Gasteiger partial charge is 0.377 e. The van der Waals surface area contributed by atoms with E-state index >= 15 is 0 Å². The lowest BCUT2D eigenvalue weighted by Gasteiger charge is -2.33. The van der Waals surface area contributed by atoms with Crippen molar-refractivity contribution < 1.29 is 0 Å². The molecule has 0 radical (unpaired) electrons. The molecule has 1 fully saturated rings. The first-order valence-corrected chi connectivity index (χ1v) is 9.88. The van der Waals surface area contributed by atoms with Gasteiger partial charge in [-0.3, -0.25) is 5.10 Å². The van der Waals surface area contributed by atoms with Gasteiger partial charge < -0.3 is 20.0 Å². The van der Waals surface area contributed by atoms with Gasteiger partial charge in [0, 0.05) is 69.4 Å². The van der Waals surface area contributed by atoms with Crippen LogP contribution in [-0.4, -0.2) is 72.4 Å². The number of nitrogens with zero attached hydrogens (tertiary/aromatic N) is 6. The predicted molar refractivity (Wildman–Crippen MR) is 118 cm³/mol. The molecule has 3 aromatic rings. The number of H-pyrrole nitrogens is 1. The Bertz CT molecular complexity index is 972. The van der Waals surface area contributed by atoms with E-state index in [1.54, 1.807) is 0 Å². The zero-order chi connectivity index (χ0) is 20.4. The van der Waals surface area contributed by atoms with Crippen LogP contribution < -0.4 is 15.1 Å². The van der Waals surface area contributed by atoms with Gasteiger partial charge in [-0.05, 0) is 26.1 Å². The minimum atomic E-state index is 0.709. The molecule has 1 saturated heterocycles. The Morgan fingerprint density at radius 1 is 1.00 bits per heavy atom. The molecule has 0 saturated carbocycles. The number of anilines is 4. The zero-order valence-electron chi connectivity index (χ0n) is 17.5. The van der Waals surface area contributed by atoms with Crippen LogP contribution in [-0.2, 0) is 0 Å². The molecule has 0 bridgehead atoms. The van der Waals surface area contributed by atoms with Crippen LogP contribution in [0.1, 0.15) is 5.69 Å². The highest BCUT2D eigenvalue weighted by atomic mass is 15.3. The third-order valence-corrected chi connectivity index (χ3v) is 5.13. The quantitative estimate of drug-likeness (QED) is 0.691. The van der Waals surface area contributed by atoms with E-state index < -0.39 is 0 Å². The molecule has 0 atom stereocenters. The van der Waals surface area contributed by atoms with Crippen molar-refractivity contribution in [3.8, 4) is 11.4 Å². The molecule has 8 heteroatoms. The fourth-order valence-electron chi connectivity index (χ4n) is 3.48. The number of aromatic nitrogens is 4. The summed E-state index contributed by atoms with van der Waals surface area (Å²) >= 11 is 0. The predicted octanol–water partition coefficient (Wildman–Crippen LogP) is 2.74. The number of hydrogen-bond acceptors (Lipinski definition) is 7. The minimum Gasteiger partial charge on any atom is -0.377 e. The third-order valence-electron chi connectivity index (χ3n) is 5.13. The molecule has 2 aromatic heterocycles. The first kappa shape index (κ1) is 19.2. The van der Waals surface area contributed by atoms with Gasteiger partial charge in [0.15, 0.2) is 11.6 Å². The molecular formula is C21H28N8. The second-order valence-corrected chi connectivity index (χ2v) is 7.70. The molecule has 0 spiro atoms. The second-order valence-electron chi connectivity index (χ2n) is 7.70. The van der Waals surface area contributed by atoms with E-state index in [0.717, 1.165) is 60.6 Å². The summed E-state index contributed by atoms with van der Waals surface area (Å²) in [6.07, 6.45) is 0. The number of aryl methyl sites for hydroxylation is 1. The highest BCUT2D eigenvalue weighted by Gasteiger charge is 2.19. The standard InChI is InChI=1S/C21H28N8/c1-15-13-19(26-25-15)22-18-14-20(29-11-9-28(4)10-12-29)24-21(23-18)16-7-5-6-8-17(16)27(2)3/h5-8,13-14H,9-12H2,1-4H3,(H2,22,23,24,25,26). The van der Waals surface area contributed by atoms with Crippen LogP contribution >= 0.6 is 0 Å². The van der Waals surface area contributed by atoms with Gasteiger partial charge in [-0.25, -0.2) is 9.97 Å². The van der Waals surface area contributed by atoms with E-state index in [2.05, 4.69) is 49.4 Å². The normalized spacial score (nSPS) is 14.8. The number of benzene rings is 1. The summed E-state index contributed by atoms with van der Waals surface area (Å²) in [7, 11) is 6.23. The first-order valence-electron chi connectivity index (χ1n) is 9.88. The van der Waals surface area contributed by atoms with Crippen LogP contribution in [0.2, 0.25) is 0 Å². The Morgan fingerprint density at radius 2 is 1.76 bits per heavy atom. The van der Waals surface area contributed by atoms with E-state index in [-0.39, 0.29) is 0 Å². The van der Waals surface area contributed by atoms with E-state index in [9.17, 15) is 0 Å². The molecule has 3 heterocycles. The number of aromatic amines is 1. The van der Waals surface area contributed by atoms with Gasteiger partial charge in [-0.1, -0.05) is 12.1 Å². The molecule has 0 unspecified atom stereocenters. The number of nitrogens with one attached hydrogen (secondary N) is 2. The maximum absolute atomic E-state index is 4.94. The summed E-state index contributed by atoms with van der Waals surface area (Å²) in [5, 5.41) is 10.6. The molecule has 0 aliphatic carbocycles. The van der Waals surface area contributed by atoms with E-state index in [1.165, 1.54) is 0 Å². The fraction of sp³-hybridized carbons (Fsp3) is 0.381. The maximum atomic E-state index is 4.94.